The average Bonchev–Trinajstić information content (AvgIpc) is 3.04. The van der Waals surface area contributed by atoms with Crippen molar-refractivity contribution in [3.63, 3.8) is 0 Å². The fourth-order valence-electron chi connectivity index (χ4n) is 3.48. The van der Waals surface area contributed by atoms with Gasteiger partial charge in [-0.2, -0.15) is 0 Å². The first kappa shape index (κ1) is 17.2. The number of carbonyl (C=O) groups excluding carboxylic acids is 1. The van der Waals surface area contributed by atoms with Gasteiger partial charge in [0, 0.05) is 23.4 Å². The third kappa shape index (κ3) is 3.14. The lowest BCUT2D eigenvalue weighted by Crippen LogP contribution is -2.24. The number of aromatic nitrogens is 3. The van der Waals surface area contributed by atoms with E-state index in [0.717, 1.165) is 35.1 Å². The lowest BCUT2D eigenvalue weighted by atomic mass is 10.1. The molecule has 0 saturated heterocycles. The van der Waals surface area contributed by atoms with Gasteiger partial charge in [-0.25, -0.2) is 0 Å². The summed E-state index contributed by atoms with van der Waals surface area (Å²) in [4.78, 5) is 12.0. The summed E-state index contributed by atoms with van der Waals surface area (Å²) in [5.41, 5.74) is 3.63. The first-order valence-corrected chi connectivity index (χ1v) is 10.1. The van der Waals surface area contributed by atoms with Crippen LogP contribution in [0.5, 0.6) is 0 Å². The summed E-state index contributed by atoms with van der Waals surface area (Å²) in [7, 11) is 0. The van der Waals surface area contributed by atoms with Gasteiger partial charge in [0.1, 0.15) is 5.01 Å². The smallest absolute Gasteiger partial charge is 0.223 e. The Kier molecular flexibility index (Phi) is 4.53. The average molecular weight is 369 g/mol. The predicted octanol–water partition coefficient (Wildman–Crippen LogP) is 4.15. The SMILES string of the molecule is CCCn1c(-c2nnc(CNC(=O)C3CC3C)s2)cc2c(C)cccc21. The van der Waals surface area contributed by atoms with Crippen LogP contribution in [0, 0.1) is 18.8 Å². The number of hydrogen-bond donors (Lipinski definition) is 1. The number of rotatable bonds is 6. The molecule has 26 heavy (non-hydrogen) atoms. The van der Waals surface area contributed by atoms with E-state index >= 15 is 0 Å². The third-order valence-corrected chi connectivity index (χ3v) is 6.10. The van der Waals surface area contributed by atoms with Crippen molar-refractivity contribution in [1.29, 1.82) is 0 Å². The zero-order chi connectivity index (χ0) is 18.3. The summed E-state index contributed by atoms with van der Waals surface area (Å²) in [6, 6.07) is 8.63. The molecule has 6 heteroatoms. The van der Waals surface area contributed by atoms with Crippen molar-refractivity contribution in [2.45, 2.75) is 46.7 Å². The van der Waals surface area contributed by atoms with Gasteiger partial charge in [-0.15, -0.1) is 10.2 Å². The van der Waals surface area contributed by atoms with Crippen LogP contribution in [-0.2, 0) is 17.9 Å². The number of amides is 1. The summed E-state index contributed by atoms with van der Waals surface area (Å²) in [5, 5.41) is 14.7. The van der Waals surface area contributed by atoms with E-state index in [9.17, 15) is 4.79 Å². The Hall–Kier alpha value is -2.21. The topological polar surface area (TPSA) is 59.8 Å². The number of nitrogens with one attached hydrogen (secondary N) is 1. The van der Waals surface area contributed by atoms with Gasteiger partial charge in [-0.3, -0.25) is 4.79 Å². The molecule has 2 aromatic heterocycles. The zero-order valence-corrected chi connectivity index (χ0v) is 16.3. The van der Waals surface area contributed by atoms with Crippen LogP contribution in [0.3, 0.4) is 0 Å². The standard InChI is InChI=1S/C20H24N4OS/c1-4-8-24-16-7-5-6-12(2)14(16)10-17(24)20-23-22-18(26-20)11-21-19(25)15-9-13(15)3/h5-7,10,13,15H,4,8-9,11H2,1-3H3,(H,21,25). The molecule has 1 aliphatic carbocycles. The molecule has 136 valence electrons. The molecule has 1 fully saturated rings. The van der Waals surface area contributed by atoms with Crippen LogP contribution < -0.4 is 5.32 Å². The minimum absolute atomic E-state index is 0.143. The summed E-state index contributed by atoms with van der Waals surface area (Å²) < 4.78 is 2.33. The number of nitrogens with zero attached hydrogens (tertiary/aromatic N) is 3. The molecule has 1 N–H and O–H groups in total. The largest absolute Gasteiger partial charge is 0.349 e. The summed E-state index contributed by atoms with van der Waals surface area (Å²) >= 11 is 1.56. The first-order valence-electron chi connectivity index (χ1n) is 9.27. The number of hydrogen-bond acceptors (Lipinski definition) is 4. The molecule has 1 aliphatic rings. The molecular weight excluding hydrogens is 344 g/mol. The van der Waals surface area contributed by atoms with E-state index in [2.05, 4.69) is 65.1 Å². The number of fused-ring (bicyclic) bond motifs is 1. The van der Waals surface area contributed by atoms with Crippen LogP contribution in [0.2, 0.25) is 0 Å². The Morgan fingerprint density at radius 3 is 2.92 bits per heavy atom. The third-order valence-electron chi connectivity index (χ3n) is 5.16. The Bertz CT molecular complexity index is 958. The van der Waals surface area contributed by atoms with Gasteiger partial charge in [0.05, 0.1) is 12.2 Å². The fourth-order valence-corrected chi connectivity index (χ4v) is 4.29. The Morgan fingerprint density at radius 2 is 2.19 bits per heavy atom. The zero-order valence-electron chi connectivity index (χ0n) is 15.5. The second-order valence-electron chi connectivity index (χ2n) is 7.23. The van der Waals surface area contributed by atoms with E-state index < -0.39 is 0 Å². The number of benzene rings is 1. The molecule has 2 unspecified atom stereocenters. The Labute approximate surface area is 157 Å². The molecule has 1 aromatic carbocycles. The maximum absolute atomic E-state index is 12.0. The van der Waals surface area contributed by atoms with Gasteiger partial charge in [-0.05, 0) is 43.4 Å². The van der Waals surface area contributed by atoms with Crippen LogP contribution in [0.1, 0.15) is 37.3 Å². The van der Waals surface area contributed by atoms with Gasteiger partial charge < -0.3 is 9.88 Å². The van der Waals surface area contributed by atoms with Crippen LogP contribution in [0.15, 0.2) is 24.3 Å². The maximum atomic E-state index is 12.0. The molecule has 3 aromatic rings. The first-order chi connectivity index (χ1) is 12.6. The number of aryl methyl sites for hydroxylation is 2. The van der Waals surface area contributed by atoms with Crippen LogP contribution in [-0.4, -0.2) is 20.7 Å². The van der Waals surface area contributed by atoms with Crippen molar-refractivity contribution in [2.75, 3.05) is 0 Å². The molecule has 0 radical (unpaired) electrons. The normalized spacial score (nSPS) is 19.0. The molecule has 2 heterocycles. The molecule has 0 aliphatic heterocycles. The van der Waals surface area contributed by atoms with E-state index in [-0.39, 0.29) is 11.8 Å². The van der Waals surface area contributed by atoms with Crippen molar-refractivity contribution in [2.24, 2.45) is 11.8 Å². The Balaban J connectivity index is 1.59. The van der Waals surface area contributed by atoms with Crippen LogP contribution >= 0.6 is 11.3 Å². The van der Waals surface area contributed by atoms with E-state index in [0.29, 0.717) is 12.5 Å². The molecule has 2 atom stereocenters. The summed E-state index contributed by atoms with van der Waals surface area (Å²) in [6.07, 6.45) is 2.07. The monoisotopic (exact) mass is 368 g/mol. The van der Waals surface area contributed by atoms with Crippen molar-refractivity contribution < 1.29 is 4.79 Å². The minimum Gasteiger partial charge on any atom is -0.349 e. The second kappa shape index (κ2) is 6.83. The van der Waals surface area contributed by atoms with E-state index in [4.69, 9.17) is 0 Å². The van der Waals surface area contributed by atoms with E-state index in [1.165, 1.54) is 16.5 Å². The van der Waals surface area contributed by atoms with Gasteiger partial charge >= 0.3 is 0 Å². The molecule has 0 spiro atoms. The lowest BCUT2D eigenvalue weighted by Gasteiger charge is -2.07. The molecule has 5 nitrogen and oxygen atoms in total. The molecule has 0 bridgehead atoms. The highest BCUT2D eigenvalue weighted by molar-refractivity contribution is 7.14. The van der Waals surface area contributed by atoms with E-state index in [1.807, 2.05) is 0 Å². The summed E-state index contributed by atoms with van der Waals surface area (Å²) in [6.45, 7) is 7.86. The second-order valence-corrected chi connectivity index (χ2v) is 8.29. The molecule has 1 amide bonds. The van der Waals surface area contributed by atoms with Gasteiger partial charge in [0.15, 0.2) is 5.01 Å². The molecular formula is C20H24N4OS. The van der Waals surface area contributed by atoms with Gasteiger partial charge in [0.25, 0.3) is 0 Å². The Morgan fingerprint density at radius 1 is 1.38 bits per heavy atom. The number of carbonyl (C=O) groups is 1. The van der Waals surface area contributed by atoms with Crippen molar-refractivity contribution in [1.82, 2.24) is 20.1 Å². The van der Waals surface area contributed by atoms with Gasteiger partial charge in [-0.1, -0.05) is 37.3 Å². The highest BCUT2D eigenvalue weighted by Crippen LogP contribution is 2.37. The fraction of sp³-hybridized carbons (Fsp3) is 0.450. The van der Waals surface area contributed by atoms with Crippen LogP contribution in [0.4, 0.5) is 0 Å². The quantitative estimate of drug-likeness (QED) is 0.711. The highest BCUT2D eigenvalue weighted by atomic mass is 32.1. The summed E-state index contributed by atoms with van der Waals surface area (Å²) in [5.74, 6) is 0.857. The van der Waals surface area contributed by atoms with Gasteiger partial charge in [0.2, 0.25) is 5.91 Å². The van der Waals surface area contributed by atoms with E-state index in [1.54, 1.807) is 11.3 Å². The van der Waals surface area contributed by atoms with Crippen molar-refractivity contribution in [3.05, 3.63) is 34.8 Å². The highest BCUT2D eigenvalue weighted by Gasteiger charge is 2.38. The minimum atomic E-state index is 0.143. The predicted molar refractivity (Wildman–Crippen MR) is 105 cm³/mol. The maximum Gasteiger partial charge on any atom is 0.223 e. The van der Waals surface area contributed by atoms with Crippen molar-refractivity contribution in [3.8, 4) is 10.7 Å². The van der Waals surface area contributed by atoms with Crippen LogP contribution in [0.25, 0.3) is 21.6 Å². The molecule has 4 rings (SSSR count). The molecule has 1 saturated carbocycles. The lowest BCUT2D eigenvalue weighted by molar-refractivity contribution is -0.122. The van der Waals surface area contributed by atoms with Crippen molar-refractivity contribution >= 4 is 28.1 Å².